The second kappa shape index (κ2) is 7.34. The number of carbonyl (C=O) groups excluding carboxylic acids is 2. The highest BCUT2D eigenvalue weighted by molar-refractivity contribution is 9.10. The Morgan fingerprint density at radius 1 is 1.37 bits per heavy atom. The topological polar surface area (TPSA) is 97.5 Å². The molecular weight excluding hydrogens is 412 g/mol. The molecule has 1 saturated heterocycles. The third kappa shape index (κ3) is 4.50. The predicted molar refractivity (Wildman–Crippen MR) is 108 cm³/mol. The summed E-state index contributed by atoms with van der Waals surface area (Å²) in [7, 11) is 0. The van der Waals surface area contributed by atoms with E-state index in [2.05, 4.69) is 26.2 Å². The van der Waals surface area contributed by atoms with Crippen LogP contribution >= 0.6 is 15.9 Å². The van der Waals surface area contributed by atoms with E-state index in [1.54, 1.807) is 11.1 Å². The predicted octanol–water partition coefficient (Wildman–Crippen LogP) is 3.78. The van der Waals surface area contributed by atoms with Crippen LogP contribution in [0.25, 0.3) is 10.9 Å². The Hall–Kier alpha value is -2.35. The van der Waals surface area contributed by atoms with Gasteiger partial charge in [-0.05, 0) is 45.4 Å². The van der Waals surface area contributed by atoms with Gasteiger partial charge in [0.15, 0.2) is 0 Å². The number of nitrogen functional groups attached to an aromatic ring is 1. The summed E-state index contributed by atoms with van der Waals surface area (Å²) in [6.45, 7) is 6.28. The number of amides is 2. The summed E-state index contributed by atoms with van der Waals surface area (Å²) in [5.74, 6) is -0.483. The average molecular weight is 435 g/mol. The van der Waals surface area contributed by atoms with Crippen LogP contribution in [0.4, 0.5) is 16.2 Å². The Labute approximate surface area is 166 Å². The van der Waals surface area contributed by atoms with Crippen molar-refractivity contribution in [3.8, 4) is 0 Å². The Kier molecular flexibility index (Phi) is 5.28. The molecule has 1 fully saturated rings. The lowest BCUT2D eigenvalue weighted by Gasteiger charge is -2.24. The van der Waals surface area contributed by atoms with Crippen molar-refractivity contribution in [2.75, 3.05) is 24.1 Å². The normalized spacial score (nSPS) is 17.2. The van der Waals surface area contributed by atoms with E-state index in [1.807, 2.05) is 39.0 Å². The SMILES string of the molecule is CC(C)(C)OC(=O)N1CCC(C(=O)Nc2cnc3cc(Br)ccc3c2N)C1. The van der Waals surface area contributed by atoms with Crippen LogP contribution < -0.4 is 11.1 Å². The first kappa shape index (κ1) is 19.4. The number of nitrogens with two attached hydrogens (primary N) is 1. The minimum absolute atomic E-state index is 0.175. The molecule has 0 aliphatic carbocycles. The minimum Gasteiger partial charge on any atom is -0.444 e. The van der Waals surface area contributed by atoms with Crippen LogP contribution in [0.3, 0.4) is 0 Å². The number of rotatable bonds is 2. The molecule has 1 unspecified atom stereocenters. The first-order valence-electron chi connectivity index (χ1n) is 8.76. The zero-order valence-electron chi connectivity index (χ0n) is 15.6. The van der Waals surface area contributed by atoms with Crippen molar-refractivity contribution < 1.29 is 14.3 Å². The number of likely N-dealkylation sites (tertiary alicyclic amines) is 1. The zero-order valence-corrected chi connectivity index (χ0v) is 17.2. The summed E-state index contributed by atoms with van der Waals surface area (Å²) in [4.78, 5) is 30.7. The summed E-state index contributed by atoms with van der Waals surface area (Å²) in [5.41, 5.74) is 7.35. The number of fused-ring (bicyclic) bond motifs is 1. The van der Waals surface area contributed by atoms with Gasteiger partial charge in [-0.15, -0.1) is 0 Å². The largest absolute Gasteiger partial charge is 0.444 e. The van der Waals surface area contributed by atoms with E-state index in [1.165, 1.54) is 0 Å². The van der Waals surface area contributed by atoms with Crippen LogP contribution in [0.15, 0.2) is 28.9 Å². The lowest BCUT2D eigenvalue weighted by atomic mass is 10.1. The Balaban J connectivity index is 1.68. The molecule has 7 nitrogen and oxygen atoms in total. The maximum absolute atomic E-state index is 12.6. The van der Waals surface area contributed by atoms with Crippen molar-refractivity contribution in [2.45, 2.75) is 32.8 Å². The number of halogens is 1. The number of hydrogen-bond donors (Lipinski definition) is 2. The van der Waals surface area contributed by atoms with Crippen LogP contribution in [-0.4, -0.2) is 40.6 Å². The number of nitrogens with zero attached hydrogens (tertiary/aromatic N) is 2. The van der Waals surface area contributed by atoms with Gasteiger partial charge in [0.05, 0.1) is 29.0 Å². The fourth-order valence-electron chi connectivity index (χ4n) is 2.99. The van der Waals surface area contributed by atoms with Gasteiger partial charge in [-0.25, -0.2) is 4.79 Å². The van der Waals surface area contributed by atoms with Crippen molar-refractivity contribution >= 4 is 50.2 Å². The quantitative estimate of drug-likeness (QED) is 0.749. The molecule has 2 amide bonds. The lowest BCUT2D eigenvalue weighted by Crippen LogP contribution is -2.36. The van der Waals surface area contributed by atoms with Gasteiger partial charge >= 0.3 is 6.09 Å². The standard InChI is InChI=1S/C19H23BrN4O3/c1-19(2,3)27-18(26)24-7-6-11(10-24)17(25)23-15-9-22-14-8-12(20)4-5-13(14)16(15)21/h4-5,8-9,11H,6-7,10H2,1-3H3,(H2,21,22)(H,23,25). The van der Waals surface area contributed by atoms with Crippen LogP contribution in [0.1, 0.15) is 27.2 Å². The van der Waals surface area contributed by atoms with Gasteiger partial charge in [-0.2, -0.15) is 0 Å². The van der Waals surface area contributed by atoms with E-state index in [0.717, 1.165) is 15.4 Å². The maximum atomic E-state index is 12.6. The molecule has 1 atom stereocenters. The van der Waals surface area contributed by atoms with Crippen molar-refractivity contribution in [3.05, 3.63) is 28.9 Å². The number of anilines is 2. The lowest BCUT2D eigenvalue weighted by molar-refractivity contribution is -0.119. The first-order valence-corrected chi connectivity index (χ1v) is 9.56. The van der Waals surface area contributed by atoms with Gasteiger partial charge in [0.1, 0.15) is 5.60 Å². The summed E-state index contributed by atoms with van der Waals surface area (Å²) in [6.07, 6.45) is 1.75. The number of ether oxygens (including phenoxy) is 1. The van der Waals surface area contributed by atoms with Gasteiger partial charge < -0.3 is 20.7 Å². The molecular formula is C19H23BrN4O3. The maximum Gasteiger partial charge on any atom is 0.410 e. The highest BCUT2D eigenvalue weighted by atomic mass is 79.9. The molecule has 8 heteroatoms. The summed E-state index contributed by atoms with van der Waals surface area (Å²) < 4.78 is 6.28. The fourth-order valence-corrected chi connectivity index (χ4v) is 3.34. The number of benzene rings is 1. The Morgan fingerprint density at radius 2 is 2.11 bits per heavy atom. The van der Waals surface area contributed by atoms with E-state index >= 15 is 0 Å². The Bertz CT molecular complexity index is 894. The molecule has 1 aromatic heterocycles. The van der Waals surface area contributed by atoms with Crippen LogP contribution in [0.2, 0.25) is 0 Å². The zero-order chi connectivity index (χ0) is 19.8. The number of hydrogen-bond acceptors (Lipinski definition) is 5. The highest BCUT2D eigenvalue weighted by Gasteiger charge is 2.33. The minimum atomic E-state index is -0.558. The fraction of sp³-hybridized carbons (Fsp3) is 0.421. The molecule has 3 N–H and O–H groups in total. The van der Waals surface area contributed by atoms with E-state index in [-0.39, 0.29) is 11.8 Å². The Morgan fingerprint density at radius 3 is 2.81 bits per heavy atom. The summed E-state index contributed by atoms with van der Waals surface area (Å²) in [5, 5.41) is 3.63. The smallest absolute Gasteiger partial charge is 0.410 e. The molecule has 0 saturated carbocycles. The molecule has 2 aromatic rings. The summed E-state index contributed by atoms with van der Waals surface area (Å²) >= 11 is 3.40. The van der Waals surface area contributed by atoms with E-state index in [4.69, 9.17) is 10.5 Å². The van der Waals surface area contributed by atoms with Crippen molar-refractivity contribution in [3.63, 3.8) is 0 Å². The van der Waals surface area contributed by atoms with Crippen molar-refractivity contribution in [2.24, 2.45) is 5.92 Å². The van der Waals surface area contributed by atoms with Crippen LogP contribution in [-0.2, 0) is 9.53 Å². The molecule has 144 valence electrons. The molecule has 1 aliphatic heterocycles. The molecule has 2 heterocycles. The van der Waals surface area contributed by atoms with E-state index in [0.29, 0.717) is 30.9 Å². The monoisotopic (exact) mass is 434 g/mol. The van der Waals surface area contributed by atoms with Gasteiger partial charge in [-0.3, -0.25) is 9.78 Å². The van der Waals surface area contributed by atoms with Gasteiger partial charge in [-0.1, -0.05) is 15.9 Å². The average Bonchev–Trinajstić information content (AvgIpc) is 3.06. The first-order chi connectivity index (χ1) is 12.6. The summed E-state index contributed by atoms with van der Waals surface area (Å²) in [6, 6.07) is 5.60. The number of carbonyl (C=O) groups is 2. The third-order valence-corrected chi connectivity index (χ3v) is 4.83. The molecule has 0 radical (unpaired) electrons. The van der Waals surface area contributed by atoms with Crippen molar-refractivity contribution in [1.29, 1.82) is 0 Å². The van der Waals surface area contributed by atoms with Crippen LogP contribution in [0, 0.1) is 5.92 Å². The van der Waals surface area contributed by atoms with Crippen LogP contribution in [0.5, 0.6) is 0 Å². The molecule has 1 aromatic carbocycles. The van der Waals surface area contributed by atoms with Gasteiger partial charge in [0.2, 0.25) is 5.91 Å². The van der Waals surface area contributed by atoms with E-state index < -0.39 is 11.7 Å². The molecule has 1 aliphatic rings. The second-order valence-electron chi connectivity index (χ2n) is 7.65. The third-order valence-electron chi connectivity index (χ3n) is 4.34. The highest BCUT2D eigenvalue weighted by Crippen LogP contribution is 2.30. The molecule has 0 bridgehead atoms. The van der Waals surface area contributed by atoms with Gasteiger partial charge in [0, 0.05) is 22.9 Å². The molecule has 27 heavy (non-hydrogen) atoms. The number of aromatic nitrogens is 1. The molecule has 0 spiro atoms. The second-order valence-corrected chi connectivity index (χ2v) is 8.56. The van der Waals surface area contributed by atoms with E-state index in [9.17, 15) is 9.59 Å². The van der Waals surface area contributed by atoms with Crippen molar-refractivity contribution in [1.82, 2.24) is 9.88 Å². The van der Waals surface area contributed by atoms with Gasteiger partial charge in [0.25, 0.3) is 0 Å². The molecule has 3 rings (SSSR count). The number of pyridine rings is 1. The number of nitrogens with one attached hydrogen (secondary N) is 1.